The van der Waals surface area contributed by atoms with Crippen molar-refractivity contribution in [2.45, 2.75) is 33.6 Å². The molecule has 21 heavy (non-hydrogen) atoms. The summed E-state index contributed by atoms with van der Waals surface area (Å²) in [5.41, 5.74) is 1.12. The predicted molar refractivity (Wildman–Crippen MR) is 90.1 cm³/mol. The Kier molecular flexibility index (Phi) is 8.60. The van der Waals surface area contributed by atoms with Gasteiger partial charge in [-0.2, -0.15) is 0 Å². The highest BCUT2D eigenvalue weighted by Gasteiger charge is 2.04. The highest BCUT2D eigenvalue weighted by atomic mass is 16.5. The fraction of sp³-hybridized carbons (Fsp3) is 0.556. The van der Waals surface area contributed by atoms with E-state index >= 15 is 0 Å². The monoisotopic (exact) mass is 291 g/mol. The molecule has 0 radical (unpaired) electrons. The van der Waals surface area contributed by atoms with Crippen LogP contribution >= 0.6 is 0 Å². The lowest BCUT2D eigenvalue weighted by molar-refractivity contribution is 0.285. The summed E-state index contributed by atoms with van der Waals surface area (Å²) in [6.07, 6.45) is 6.24. The summed E-state index contributed by atoms with van der Waals surface area (Å²) in [5.74, 6) is 2.32. The summed E-state index contributed by atoms with van der Waals surface area (Å²) in [4.78, 5) is 0. The third-order valence-electron chi connectivity index (χ3n) is 3.10. The van der Waals surface area contributed by atoms with Gasteiger partial charge in [-0.3, -0.25) is 0 Å². The van der Waals surface area contributed by atoms with E-state index in [1.807, 2.05) is 37.3 Å². The van der Waals surface area contributed by atoms with Crippen LogP contribution in [0.25, 0.3) is 6.08 Å². The number of ether oxygens (including phenoxy) is 2. The first kappa shape index (κ1) is 17.6. The molecule has 1 rings (SSSR count). The van der Waals surface area contributed by atoms with Crippen molar-refractivity contribution in [3.63, 3.8) is 0 Å². The largest absolute Gasteiger partial charge is 0.493 e. The highest BCUT2D eigenvalue weighted by Crippen LogP contribution is 2.28. The average Bonchev–Trinajstić information content (AvgIpc) is 2.47. The fourth-order valence-electron chi connectivity index (χ4n) is 2.02. The minimum atomic E-state index is 0.709. The maximum Gasteiger partial charge on any atom is 0.161 e. The molecule has 0 atom stereocenters. The number of rotatable bonds is 10. The molecule has 1 aromatic carbocycles. The summed E-state index contributed by atoms with van der Waals surface area (Å²) >= 11 is 0. The molecule has 0 aliphatic heterocycles. The highest BCUT2D eigenvalue weighted by molar-refractivity contribution is 5.55. The van der Waals surface area contributed by atoms with Crippen molar-refractivity contribution in [3.05, 3.63) is 29.8 Å². The van der Waals surface area contributed by atoms with E-state index in [0.29, 0.717) is 5.92 Å². The second-order valence-electron chi connectivity index (χ2n) is 5.56. The SMILES string of the molecule is CC=Cc1ccc(OCCCCNCC(C)C)c(OC)c1. The summed E-state index contributed by atoms with van der Waals surface area (Å²) in [6.45, 7) is 9.31. The van der Waals surface area contributed by atoms with Crippen molar-refractivity contribution in [2.75, 3.05) is 26.8 Å². The second kappa shape index (κ2) is 10.3. The van der Waals surface area contributed by atoms with Crippen LogP contribution in [-0.2, 0) is 0 Å². The standard InChI is InChI=1S/C18H29NO2/c1-5-8-16-9-10-17(18(13-16)20-4)21-12-7-6-11-19-14-15(2)3/h5,8-10,13,15,19H,6-7,11-12,14H2,1-4H3. The summed E-state index contributed by atoms with van der Waals surface area (Å²) in [6, 6.07) is 6.02. The number of unbranched alkanes of at least 4 members (excludes halogenated alkanes) is 1. The van der Waals surface area contributed by atoms with Crippen molar-refractivity contribution >= 4 is 6.08 Å². The van der Waals surface area contributed by atoms with Crippen LogP contribution in [0.15, 0.2) is 24.3 Å². The van der Waals surface area contributed by atoms with Gasteiger partial charge < -0.3 is 14.8 Å². The molecule has 0 fully saturated rings. The van der Waals surface area contributed by atoms with E-state index in [0.717, 1.165) is 49.6 Å². The van der Waals surface area contributed by atoms with Crippen LogP contribution in [0.4, 0.5) is 0 Å². The molecule has 3 nitrogen and oxygen atoms in total. The average molecular weight is 291 g/mol. The molecule has 0 unspecified atom stereocenters. The van der Waals surface area contributed by atoms with Crippen LogP contribution < -0.4 is 14.8 Å². The van der Waals surface area contributed by atoms with E-state index in [1.54, 1.807) is 7.11 Å². The summed E-state index contributed by atoms with van der Waals surface area (Å²) in [7, 11) is 1.68. The number of hydrogen-bond acceptors (Lipinski definition) is 3. The van der Waals surface area contributed by atoms with Crippen molar-refractivity contribution in [1.29, 1.82) is 0 Å². The van der Waals surface area contributed by atoms with Gasteiger partial charge in [0, 0.05) is 0 Å². The summed E-state index contributed by atoms with van der Waals surface area (Å²) in [5, 5.41) is 3.44. The summed E-state index contributed by atoms with van der Waals surface area (Å²) < 4.78 is 11.2. The minimum Gasteiger partial charge on any atom is -0.493 e. The lowest BCUT2D eigenvalue weighted by atomic mass is 10.2. The van der Waals surface area contributed by atoms with Gasteiger partial charge in [0.1, 0.15) is 0 Å². The number of methoxy groups -OCH3 is 1. The lowest BCUT2D eigenvalue weighted by Gasteiger charge is -2.12. The first-order valence-electron chi connectivity index (χ1n) is 7.81. The molecule has 1 aromatic rings. The Morgan fingerprint density at radius 1 is 1.19 bits per heavy atom. The minimum absolute atomic E-state index is 0.709. The van der Waals surface area contributed by atoms with Gasteiger partial charge in [-0.1, -0.05) is 32.1 Å². The smallest absolute Gasteiger partial charge is 0.161 e. The Balaban J connectivity index is 2.31. The molecular formula is C18H29NO2. The molecule has 118 valence electrons. The molecule has 0 amide bonds. The van der Waals surface area contributed by atoms with Crippen LogP contribution in [0.3, 0.4) is 0 Å². The Bertz CT molecular complexity index is 427. The van der Waals surface area contributed by atoms with E-state index in [-0.39, 0.29) is 0 Å². The molecule has 0 aromatic heterocycles. The normalized spacial score (nSPS) is 11.3. The van der Waals surface area contributed by atoms with Crippen molar-refractivity contribution in [2.24, 2.45) is 5.92 Å². The molecule has 0 saturated carbocycles. The Morgan fingerprint density at radius 3 is 2.67 bits per heavy atom. The van der Waals surface area contributed by atoms with E-state index < -0.39 is 0 Å². The van der Waals surface area contributed by atoms with Gasteiger partial charge in [0.05, 0.1) is 13.7 Å². The lowest BCUT2D eigenvalue weighted by Crippen LogP contribution is -2.21. The zero-order valence-corrected chi connectivity index (χ0v) is 13.8. The van der Waals surface area contributed by atoms with Crippen molar-refractivity contribution in [1.82, 2.24) is 5.32 Å². The maximum absolute atomic E-state index is 5.81. The van der Waals surface area contributed by atoms with E-state index in [1.165, 1.54) is 0 Å². The Hall–Kier alpha value is -1.48. The topological polar surface area (TPSA) is 30.5 Å². The quantitative estimate of drug-likeness (QED) is 0.657. The van der Waals surface area contributed by atoms with Crippen LogP contribution in [0.2, 0.25) is 0 Å². The number of benzene rings is 1. The first-order valence-corrected chi connectivity index (χ1v) is 7.81. The van der Waals surface area contributed by atoms with Crippen LogP contribution in [0.1, 0.15) is 39.2 Å². The second-order valence-corrected chi connectivity index (χ2v) is 5.56. The zero-order chi connectivity index (χ0) is 15.5. The Morgan fingerprint density at radius 2 is 2.00 bits per heavy atom. The molecule has 0 spiro atoms. The molecule has 0 saturated heterocycles. The fourth-order valence-corrected chi connectivity index (χ4v) is 2.02. The molecule has 0 aliphatic rings. The maximum atomic E-state index is 5.81. The first-order chi connectivity index (χ1) is 10.2. The number of nitrogens with one attached hydrogen (secondary N) is 1. The zero-order valence-electron chi connectivity index (χ0n) is 13.8. The van der Waals surface area contributed by atoms with Crippen molar-refractivity contribution < 1.29 is 9.47 Å². The van der Waals surface area contributed by atoms with Gasteiger partial charge in [-0.25, -0.2) is 0 Å². The van der Waals surface area contributed by atoms with Crippen LogP contribution in [0.5, 0.6) is 11.5 Å². The van der Waals surface area contributed by atoms with Gasteiger partial charge in [0.2, 0.25) is 0 Å². The third-order valence-corrected chi connectivity index (χ3v) is 3.10. The van der Waals surface area contributed by atoms with Crippen LogP contribution in [-0.4, -0.2) is 26.8 Å². The van der Waals surface area contributed by atoms with E-state index in [2.05, 4.69) is 19.2 Å². The van der Waals surface area contributed by atoms with Crippen LogP contribution in [0, 0.1) is 5.92 Å². The number of allylic oxidation sites excluding steroid dienone is 1. The molecule has 3 heteroatoms. The molecule has 0 aliphatic carbocycles. The molecule has 0 bridgehead atoms. The van der Waals surface area contributed by atoms with Crippen molar-refractivity contribution in [3.8, 4) is 11.5 Å². The molecular weight excluding hydrogens is 262 g/mol. The van der Waals surface area contributed by atoms with Gasteiger partial charge in [-0.05, 0) is 56.5 Å². The third kappa shape index (κ3) is 7.19. The van der Waals surface area contributed by atoms with Gasteiger partial charge in [0.15, 0.2) is 11.5 Å². The molecule has 0 heterocycles. The van der Waals surface area contributed by atoms with Gasteiger partial charge >= 0.3 is 0 Å². The van der Waals surface area contributed by atoms with E-state index in [9.17, 15) is 0 Å². The Labute approximate surface area is 129 Å². The van der Waals surface area contributed by atoms with E-state index in [4.69, 9.17) is 9.47 Å². The molecule has 1 N–H and O–H groups in total. The number of hydrogen-bond donors (Lipinski definition) is 1. The van der Waals surface area contributed by atoms with Gasteiger partial charge in [-0.15, -0.1) is 0 Å². The van der Waals surface area contributed by atoms with Gasteiger partial charge in [0.25, 0.3) is 0 Å². The predicted octanol–water partition coefficient (Wildman–Crippen LogP) is 4.13.